The van der Waals surface area contributed by atoms with Crippen molar-refractivity contribution in [3.63, 3.8) is 0 Å². The Kier molecular flexibility index (Phi) is 5.65. The Balaban J connectivity index is 2.86. The van der Waals surface area contributed by atoms with Crippen molar-refractivity contribution in [1.29, 1.82) is 0 Å². The molecular weight excluding hydrogens is 222 g/mol. The molecule has 1 rings (SSSR count). The van der Waals surface area contributed by atoms with E-state index in [0.29, 0.717) is 5.56 Å². The van der Waals surface area contributed by atoms with Crippen molar-refractivity contribution in [1.82, 2.24) is 5.32 Å². The Bertz CT molecular complexity index is 484. The summed E-state index contributed by atoms with van der Waals surface area (Å²) in [5.74, 6) is -0.0954. The second-order valence-corrected chi connectivity index (χ2v) is 3.94. The van der Waals surface area contributed by atoms with Gasteiger partial charge in [-0.2, -0.15) is 0 Å². The van der Waals surface area contributed by atoms with Gasteiger partial charge < -0.3 is 5.32 Å². The standard InChI is InChI=1S/C16H19NO/c1-4-6-11-14(9-5-2)17-16(18)15-12-8-7-10-13(15)3/h5-12H,2,4H2,1,3H3,(H,17,18)/b11-6-,14-9+. The Morgan fingerprint density at radius 2 is 2.11 bits per heavy atom. The number of hydrogen-bond donors (Lipinski definition) is 1. The highest BCUT2D eigenvalue weighted by Crippen LogP contribution is 2.08. The maximum absolute atomic E-state index is 12.1. The van der Waals surface area contributed by atoms with Crippen molar-refractivity contribution >= 4 is 5.91 Å². The molecule has 0 aliphatic heterocycles. The van der Waals surface area contributed by atoms with E-state index < -0.39 is 0 Å². The van der Waals surface area contributed by atoms with Crippen LogP contribution in [0.3, 0.4) is 0 Å². The fraction of sp³-hybridized carbons (Fsp3) is 0.188. The molecule has 2 heteroatoms. The Labute approximate surface area is 109 Å². The van der Waals surface area contributed by atoms with Crippen molar-refractivity contribution in [3.05, 3.63) is 72.0 Å². The molecule has 0 atom stereocenters. The molecule has 0 radical (unpaired) electrons. The molecule has 0 spiro atoms. The van der Waals surface area contributed by atoms with E-state index in [9.17, 15) is 4.79 Å². The summed E-state index contributed by atoms with van der Waals surface area (Å²) in [7, 11) is 0. The minimum absolute atomic E-state index is 0.0954. The molecule has 0 aliphatic rings. The summed E-state index contributed by atoms with van der Waals surface area (Å²) in [4.78, 5) is 12.1. The molecule has 94 valence electrons. The van der Waals surface area contributed by atoms with Crippen LogP contribution in [0.4, 0.5) is 0 Å². The Hall–Kier alpha value is -2.09. The van der Waals surface area contributed by atoms with E-state index in [1.165, 1.54) is 0 Å². The van der Waals surface area contributed by atoms with Gasteiger partial charge in [0, 0.05) is 11.3 Å². The molecule has 0 saturated heterocycles. The van der Waals surface area contributed by atoms with Gasteiger partial charge in [-0.25, -0.2) is 0 Å². The van der Waals surface area contributed by atoms with Gasteiger partial charge in [0.05, 0.1) is 0 Å². The number of carbonyl (C=O) groups excluding carboxylic acids is 1. The summed E-state index contributed by atoms with van der Waals surface area (Å²) in [5, 5.41) is 2.87. The molecule has 0 bridgehead atoms. The maximum Gasteiger partial charge on any atom is 0.255 e. The molecule has 1 aromatic carbocycles. The van der Waals surface area contributed by atoms with Gasteiger partial charge >= 0.3 is 0 Å². The van der Waals surface area contributed by atoms with Crippen LogP contribution in [-0.2, 0) is 0 Å². The van der Waals surface area contributed by atoms with E-state index in [-0.39, 0.29) is 5.91 Å². The van der Waals surface area contributed by atoms with E-state index in [1.807, 2.05) is 50.3 Å². The number of rotatable bonds is 5. The normalized spacial score (nSPS) is 11.6. The highest BCUT2D eigenvalue weighted by molar-refractivity contribution is 5.96. The van der Waals surface area contributed by atoms with Gasteiger partial charge in [-0.3, -0.25) is 4.79 Å². The third kappa shape index (κ3) is 4.06. The number of amides is 1. The average molecular weight is 241 g/mol. The third-order valence-electron chi connectivity index (χ3n) is 2.48. The van der Waals surface area contributed by atoms with Crippen LogP contribution >= 0.6 is 0 Å². The van der Waals surface area contributed by atoms with Crippen LogP contribution in [0.25, 0.3) is 0 Å². The lowest BCUT2D eigenvalue weighted by atomic mass is 10.1. The molecule has 18 heavy (non-hydrogen) atoms. The number of hydrogen-bond acceptors (Lipinski definition) is 1. The van der Waals surface area contributed by atoms with Crippen molar-refractivity contribution in [2.45, 2.75) is 20.3 Å². The van der Waals surface area contributed by atoms with Crippen LogP contribution in [0.1, 0.15) is 29.3 Å². The average Bonchev–Trinajstić information content (AvgIpc) is 2.36. The van der Waals surface area contributed by atoms with Crippen LogP contribution in [0.5, 0.6) is 0 Å². The SMILES string of the molecule is C=C/C=C(\C=C/CC)NC(=O)c1ccccc1C. The second kappa shape index (κ2) is 7.28. The number of aryl methyl sites for hydroxylation is 1. The van der Waals surface area contributed by atoms with Gasteiger partial charge in [-0.05, 0) is 37.1 Å². The summed E-state index contributed by atoms with van der Waals surface area (Å²) >= 11 is 0. The van der Waals surface area contributed by atoms with Crippen molar-refractivity contribution in [3.8, 4) is 0 Å². The maximum atomic E-state index is 12.1. The predicted octanol–water partition coefficient (Wildman–Crippen LogP) is 3.76. The second-order valence-electron chi connectivity index (χ2n) is 3.94. The summed E-state index contributed by atoms with van der Waals surface area (Å²) < 4.78 is 0. The highest BCUT2D eigenvalue weighted by Gasteiger charge is 2.08. The van der Waals surface area contributed by atoms with Gasteiger partial charge in [0.15, 0.2) is 0 Å². The third-order valence-corrected chi connectivity index (χ3v) is 2.48. The smallest absolute Gasteiger partial charge is 0.255 e. The molecule has 0 heterocycles. The molecule has 1 N–H and O–H groups in total. The lowest BCUT2D eigenvalue weighted by Crippen LogP contribution is -2.22. The van der Waals surface area contributed by atoms with Crippen molar-refractivity contribution < 1.29 is 4.79 Å². The van der Waals surface area contributed by atoms with Crippen LogP contribution in [-0.4, -0.2) is 5.91 Å². The highest BCUT2D eigenvalue weighted by atomic mass is 16.1. The Morgan fingerprint density at radius 3 is 2.72 bits per heavy atom. The lowest BCUT2D eigenvalue weighted by Gasteiger charge is -2.07. The molecule has 0 unspecified atom stereocenters. The fourth-order valence-corrected chi connectivity index (χ4v) is 1.54. The van der Waals surface area contributed by atoms with E-state index in [2.05, 4.69) is 11.9 Å². The molecule has 0 aliphatic carbocycles. The lowest BCUT2D eigenvalue weighted by molar-refractivity contribution is 0.0966. The number of benzene rings is 1. The minimum Gasteiger partial charge on any atom is -0.322 e. The first-order valence-electron chi connectivity index (χ1n) is 6.05. The van der Waals surface area contributed by atoms with Gasteiger partial charge in [-0.15, -0.1) is 0 Å². The molecule has 0 aromatic heterocycles. The zero-order chi connectivity index (χ0) is 13.4. The number of nitrogens with one attached hydrogen (secondary N) is 1. The monoisotopic (exact) mass is 241 g/mol. The zero-order valence-corrected chi connectivity index (χ0v) is 10.9. The fourth-order valence-electron chi connectivity index (χ4n) is 1.54. The first kappa shape index (κ1) is 14.0. The molecule has 0 saturated carbocycles. The van der Waals surface area contributed by atoms with Crippen LogP contribution in [0, 0.1) is 6.92 Å². The van der Waals surface area contributed by atoms with E-state index in [0.717, 1.165) is 17.7 Å². The summed E-state index contributed by atoms with van der Waals surface area (Å²) in [6.07, 6.45) is 8.25. The van der Waals surface area contributed by atoms with Gasteiger partial charge in [0.2, 0.25) is 0 Å². The quantitative estimate of drug-likeness (QED) is 0.781. The van der Waals surface area contributed by atoms with Crippen LogP contribution in [0.2, 0.25) is 0 Å². The number of allylic oxidation sites excluding steroid dienone is 4. The first-order valence-corrected chi connectivity index (χ1v) is 6.05. The van der Waals surface area contributed by atoms with Gasteiger partial charge in [-0.1, -0.05) is 43.9 Å². The molecular formula is C16H19NO. The van der Waals surface area contributed by atoms with E-state index in [4.69, 9.17) is 0 Å². The van der Waals surface area contributed by atoms with Crippen LogP contribution in [0.15, 0.2) is 60.8 Å². The van der Waals surface area contributed by atoms with Crippen molar-refractivity contribution in [2.24, 2.45) is 0 Å². The van der Waals surface area contributed by atoms with Gasteiger partial charge in [0.25, 0.3) is 5.91 Å². The van der Waals surface area contributed by atoms with Crippen molar-refractivity contribution in [2.75, 3.05) is 0 Å². The van der Waals surface area contributed by atoms with Gasteiger partial charge in [0.1, 0.15) is 0 Å². The van der Waals surface area contributed by atoms with Crippen LogP contribution < -0.4 is 5.32 Å². The summed E-state index contributed by atoms with van der Waals surface area (Å²) in [6.45, 7) is 7.62. The largest absolute Gasteiger partial charge is 0.322 e. The predicted molar refractivity (Wildman–Crippen MR) is 76.4 cm³/mol. The molecule has 1 aromatic rings. The topological polar surface area (TPSA) is 29.1 Å². The molecule has 2 nitrogen and oxygen atoms in total. The zero-order valence-electron chi connectivity index (χ0n) is 10.9. The van der Waals surface area contributed by atoms with E-state index in [1.54, 1.807) is 12.2 Å². The number of carbonyl (C=O) groups is 1. The summed E-state index contributed by atoms with van der Waals surface area (Å²) in [6, 6.07) is 7.53. The minimum atomic E-state index is -0.0954. The summed E-state index contributed by atoms with van der Waals surface area (Å²) in [5.41, 5.74) is 2.41. The first-order chi connectivity index (χ1) is 8.69. The molecule has 0 fully saturated rings. The van der Waals surface area contributed by atoms with E-state index >= 15 is 0 Å². The molecule has 1 amide bonds. The Morgan fingerprint density at radius 1 is 1.39 bits per heavy atom.